The molecule has 1 unspecified atom stereocenters. The van der Waals surface area contributed by atoms with Crippen LogP contribution in [0.1, 0.15) is 23.7 Å². The standard InChI is InChI=1S/C11H9ClF3O/c12-9-5-7(10-2-1-3-16-10)4-8(6-9)11(13,14)15/h2,4-6,10H,1,3H2. The first kappa shape index (κ1) is 11.7. The molecule has 1 atom stereocenters. The molecule has 0 spiro atoms. The second kappa shape index (κ2) is 4.26. The van der Waals surface area contributed by atoms with Crippen molar-refractivity contribution in [2.24, 2.45) is 0 Å². The van der Waals surface area contributed by atoms with E-state index in [1.54, 1.807) is 0 Å². The Morgan fingerprint density at radius 2 is 2.00 bits per heavy atom. The molecule has 0 bridgehead atoms. The van der Waals surface area contributed by atoms with Crippen molar-refractivity contribution in [2.75, 3.05) is 6.61 Å². The van der Waals surface area contributed by atoms with Gasteiger partial charge in [-0.15, -0.1) is 0 Å². The molecule has 1 fully saturated rings. The first-order valence-electron chi connectivity index (χ1n) is 4.79. The number of rotatable bonds is 1. The summed E-state index contributed by atoms with van der Waals surface area (Å²) < 4.78 is 42.9. The molecule has 1 aromatic carbocycles. The van der Waals surface area contributed by atoms with Gasteiger partial charge in [-0.2, -0.15) is 13.2 Å². The van der Waals surface area contributed by atoms with Crippen LogP contribution in [0.15, 0.2) is 18.2 Å². The van der Waals surface area contributed by atoms with Crippen LogP contribution in [0.4, 0.5) is 13.2 Å². The van der Waals surface area contributed by atoms with Gasteiger partial charge in [-0.1, -0.05) is 11.6 Å². The molecule has 1 aromatic rings. The lowest BCUT2D eigenvalue weighted by molar-refractivity contribution is -0.137. The van der Waals surface area contributed by atoms with Crippen LogP contribution < -0.4 is 0 Å². The van der Waals surface area contributed by atoms with Crippen LogP contribution >= 0.6 is 11.6 Å². The smallest absolute Gasteiger partial charge is 0.373 e. The fraction of sp³-hybridized carbons (Fsp3) is 0.364. The highest BCUT2D eigenvalue weighted by atomic mass is 35.5. The van der Waals surface area contributed by atoms with Crippen molar-refractivity contribution in [3.05, 3.63) is 40.8 Å². The first-order chi connectivity index (χ1) is 7.47. The minimum atomic E-state index is -4.38. The van der Waals surface area contributed by atoms with Crippen molar-refractivity contribution in [3.8, 4) is 0 Å². The number of hydrogen-bond donors (Lipinski definition) is 0. The fourth-order valence-electron chi connectivity index (χ4n) is 1.66. The molecule has 0 aromatic heterocycles. The summed E-state index contributed by atoms with van der Waals surface area (Å²) in [6.45, 7) is 0.540. The molecule has 16 heavy (non-hydrogen) atoms. The Kier molecular flexibility index (Phi) is 3.13. The summed E-state index contributed by atoms with van der Waals surface area (Å²) in [5.41, 5.74) is -0.281. The maximum absolute atomic E-state index is 12.5. The van der Waals surface area contributed by atoms with Gasteiger partial charge in [0.05, 0.1) is 11.7 Å². The molecule has 1 aliphatic heterocycles. The van der Waals surface area contributed by atoms with Crippen LogP contribution in [0.2, 0.25) is 5.02 Å². The van der Waals surface area contributed by atoms with E-state index >= 15 is 0 Å². The lowest BCUT2D eigenvalue weighted by Crippen LogP contribution is -2.07. The molecular formula is C11H9ClF3O. The molecule has 1 radical (unpaired) electrons. The molecule has 87 valence electrons. The van der Waals surface area contributed by atoms with Crippen LogP contribution in [0, 0.1) is 6.42 Å². The summed E-state index contributed by atoms with van der Waals surface area (Å²) in [5, 5.41) is 0.0775. The van der Waals surface area contributed by atoms with Crippen LogP contribution in [0.5, 0.6) is 0 Å². The molecular weight excluding hydrogens is 241 g/mol. The number of halogens is 4. The number of alkyl halides is 3. The van der Waals surface area contributed by atoms with Crippen molar-refractivity contribution in [1.29, 1.82) is 0 Å². The average molecular weight is 250 g/mol. The predicted octanol–water partition coefficient (Wildman–Crippen LogP) is 4.02. The Labute approximate surface area is 96.2 Å². The van der Waals surface area contributed by atoms with E-state index in [1.165, 1.54) is 6.07 Å². The van der Waals surface area contributed by atoms with Gasteiger partial charge in [-0.05, 0) is 36.6 Å². The topological polar surface area (TPSA) is 9.23 Å². The Balaban J connectivity index is 2.35. The third-order valence-electron chi connectivity index (χ3n) is 2.37. The second-order valence-corrected chi connectivity index (χ2v) is 4.02. The van der Waals surface area contributed by atoms with Crippen molar-refractivity contribution >= 4 is 11.6 Å². The van der Waals surface area contributed by atoms with Gasteiger partial charge in [0, 0.05) is 11.6 Å². The minimum Gasteiger partial charge on any atom is -0.373 e. The third kappa shape index (κ3) is 2.50. The Bertz CT molecular complexity index is 383. The molecule has 1 heterocycles. The average Bonchev–Trinajstić information content (AvgIpc) is 2.68. The van der Waals surface area contributed by atoms with E-state index < -0.39 is 11.7 Å². The molecule has 0 N–H and O–H groups in total. The first-order valence-corrected chi connectivity index (χ1v) is 5.17. The van der Waals surface area contributed by atoms with Gasteiger partial charge in [0.25, 0.3) is 0 Å². The number of hydrogen-bond acceptors (Lipinski definition) is 1. The Hall–Kier alpha value is -0.740. The second-order valence-electron chi connectivity index (χ2n) is 3.59. The van der Waals surface area contributed by atoms with Crippen molar-refractivity contribution < 1.29 is 17.9 Å². The van der Waals surface area contributed by atoms with Crippen molar-refractivity contribution in [1.82, 2.24) is 0 Å². The van der Waals surface area contributed by atoms with E-state index in [0.717, 1.165) is 18.6 Å². The zero-order chi connectivity index (χ0) is 11.8. The zero-order valence-electron chi connectivity index (χ0n) is 8.22. The summed E-state index contributed by atoms with van der Waals surface area (Å²) in [4.78, 5) is 0. The summed E-state index contributed by atoms with van der Waals surface area (Å²) in [5.74, 6) is 0. The minimum absolute atomic E-state index is 0.0775. The van der Waals surface area contributed by atoms with Crippen molar-refractivity contribution in [2.45, 2.75) is 18.7 Å². The third-order valence-corrected chi connectivity index (χ3v) is 2.59. The summed E-state index contributed by atoms with van der Waals surface area (Å²) in [6.07, 6.45) is -2.16. The molecule has 0 amide bonds. The Morgan fingerprint density at radius 1 is 1.25 bits per heavy atom. The van der Waals surface area contributed by atoms with E-state index in [4.69, 9.17) is 16.3 Å². The summed E-state index contributed by atoms with van der Waals surface area (Å²) in [6, 6.07) is 3.50. The number of ether oxygens (including phenoxy) is 1. The van der Waals surface area contributed by atoms with Crippen LogP contribution in [-0.4, -0.2) is 6.61 Å². The lowest BCUT2D eigenvalue weighted by atomic mass is 10.0. The lowest BCUT2D eigenvalue weighted by Gasteiger charge is -2.13. The Morgan fingerprint density at radius 3 is 2.56 bits per heavy atom. The maximum Gasteiger partial charge on any atom is 0.416 e. The van der Waals surface area contributed by atoms with Gasteiger partial charge in [0.15, 0.2) is 0 Å². The fourth-order valence-corrected chi connectivity index (χ4v) is 1.90. The highest BCUT2D eigenvalue weighted by Crippen LogP contribution is 2.36. The summed E-state index contributed by atoms with van der Waals surface area (Å²) >= 11 is 5.67. The van der Waals surface area contributed by atoms with E-state index in [9.17, 15) is 13.2 Å². The van der Waals surface area contributed by atoms with Crippen LogP contribution in [0.25, 0.3) is 0 Å². The van der Waals surface area contributed by atoms with Gasteiger partial charge >= 0.3 is 6.18 Å². The monoisotopic (exact) mass is 249 g/mol. The van der Waals surface area contributed by atoms with E-state index in [2.05, 4.69) is 0 Å². The molecule has 1 saturated heterocycles. The van der Waals surface area contributed by atoms with Crippen LogP contribution in [-0.2, 0) is 10.9 Å². The predicted molar refractivity (Wildman–Crippen MR) is 54.1 cm³/mol. The van der Waals surface area contributed by atoms with Crippen LogP contribution in [0.3, 0.4) is 0 Å². The van der Waals surface area contributed by atoms with Gasteiger partial charge in [-0.25, -0.2) is 0 Å². The van der Waals surface area contributed by atoms with E-state index in [0.29, 0.717) is 12.2 Å². The van der Waals surface area contributed by atoms with Gasteiger partial charge < -0.3 is 4.74 Å². The quantitative estimate of drug-likeness (QED) is 0.730. The van der Waals surface area contributed by atoms with Gasteiger partial charge in [-0.3, -0.25) is 0 Å². The molecule has 5 heteroatoms. The SMILES string of the molecule is FC(F)(F)c1cc(Cl)cc(C2[CH]CCO2)c1. The molecule has 0 aliphatic carbocycles. The highest BCUT2D eigenvalue weighted by molar-refractivity contribution is 6.30. The molecule has 2 rings (SSSR count). The largest absolute Gasteiger partial charge is 0.416 e. The van der Waals surface area contributed by atoms with E-state index in [1.807, 2.05) is 6.42 Å². The molecule has 0 saturated carbocycles. The van der Waals surface area contributed by atoms with Gasteiger partial charge in [0.2, 0.25) is 0 Å². The highest BCUT2D eigenvalue weighted by Gasteiger charge is 2.32. The normalized spacial score (nSPS) is 21.4. The summed E-state index contributed by atoms with van der Waals surface area (Å²) in [7, 11) is 0. The number of benzene rings is 1. The van der Waals surface area contributed by atoms with E-state index in [-0.39, 0.29) is 11.1 Å². The van der Waals surface area contributed by atoms with Gasteiger partial charge in [0.1, 0.15) is 0 Å². The zero-order valence-corrected chi connectivity index (χ0v) is 8.98. The molecule has 1 aliphatic rings. The van der Waals surface area contributed by atoms with Crippen molar-refractivity contribution in [3.63, 3.8) is 0 Å². The maximum atomic E-state index is 12.5. The molecule has 1 nitrogen and oxygen atoms in total.